The van der Waals surface area contributed by atoms with E-state index in [9.17, 15) is 9.59 Å². The van der Waals surface area contributed by atoms with Crippen LogP contribution < -0.4 is 0 Å². The van der Waals surface area contributed by atoms with E-state index in [0.717, 1.165) is 0 Å². The SMILES string of the molecule is CCOC(=O)C(C(=O)OCC)N(C(C)C)C(C)C. The van der Waals surface area contributed by atoms with Crippen molar-refractivity contribution in [1.29, 1.82) is 0 Å². The number of hydrogen-bond acceptors (Lipinski definition) is 5. The highest BCUT2D eigenvalue weighted by molar-refractivity contribution is 5.99. The zero-order valence-electron chi connectivity index (χ0n) is 12.2. The fraction of sp³-hybridized carbons (Fsp3) is 0.846. The summed E-state index contributed by atoms with van der Waals surface area (Å²) in [4.78, 5) is 25.7. The topological polar surface area (TPSA) is 55.8 Å². The van der Waals surface area contributed by atoms with Gasteiger partial charge in [-0.05, 0) is 41.5 Å². The summed E-state index contributed by atoms with van der Waals surface area (Å²) in [6.45, 7) is 11.7. The molecule has 0 aliphatic heterocycles. The molecule has 0 radical (unpaired) electrons. The smallest absolute Gasteiger partial charge is 0.335 e. The zero-order chi connectivity index (χ0) is 14.3. The van der Waals surface area contributed by atoms with Crippen LogP contribution in [-0.2, 0) is 19.1 Å². The van der Waals surface area contributed by atoms with E-state index in [1.165, 1.54) is 0 Å². The molecule has 5 nitrogen and oxygen atoms in total. The number of hydrogen-bond donors (Lipinski definition) is 0. The Morgan fingerprint density at radius 2 is 1.22 bits per heavy atom. The van der Waals surface area contributed by atoms with Crippen LogP contribution in [0, 0.1) is 0 Å². The van der Waals surface area contributed by atoms with E-state index in [1.807, 2.05) is 27.7 Å². The first-order chi connectivity index (χ1) is 8.36. The molecule has 0 fully saturated rings. The van der Waals surface area contributed by atoms with Crippen molar-refractivity contribution in [2.75, 3.05) is 13.2 Å². The Hall–Kier alpha value is -1.10. The maximum absolute atomic E-state index is 11.9. The van der Waals surface area contributed by atoms with Crippen LogP contribution in [0.25, 0.3) is 0 Å². The van der Waals surface area contributed by atoms with E-state index in [0.29, 0.717) is 0 Å². The first-order valence-corrected chi connectivity index (χ1v) is 6.47. The van der Waals surface area contributed by atoms with Crippen LogP contribution in [0.15, 0.2) is 0 Å². The molecule has 0 bridgehead atoms. The van der Waals surface area contributed by atoms with Gasteiger partial charge in [-0.1, -0.05) is 0 Å². The van der Waals surface area contributed by atoms with Crippen molar-refractivity contribution in [2.24, 2.45) is 0 Å². The van der Waals surface area contributed by atoms with Gasteiger partial charge in [0.05, 0.1) is 13.2 Å². The Kier molecular flexibility index (Phi) is 7.59. The van der Waals surface area contributed by atoms with Crippen molar-refractivity contribution in [2.45, 2.75) is 59.7 Å². The van der Waals surface area contributed by atoms with Crippen LogP contribution in [0.4, 0.5) is 0 Å². The lowest BCUT2D eigenvalue weighted by Gasteiger charge is -2.34. The fourth-order valence-electron chi connectivity index (χ4n) is 1.97. The largest absolute Gasteiger partial charge is 0.464 e. The number of ether oxygens (including phenoxy) is 2. The van der Waals surface area contributed by atoms with Gasteiger partial charge < -0.3 is 9.47 Å². The van der Waals surface area contributed by atoms with Crippen LogP contribution in [0.2, 0.25) is 0 Å². The van der Waals surface area contributed by atoms with Crippen molar-refractivity contribution >= 4 is 11.9 Å². The molecule has 0 saturated carbocycles. The third kappa shape index (κ3) is 4.64. The average Bonchev–Trinajstić information content (AvgIpc) is 2.24. The third-order valence-electron chi connectivity index (χ3n) is 2.51. The average molecular weight is 259 g/mol. The minimum atomic E-state index is -0.982. The monoisotopic (exact) mass is 259 g/mol. The Morgan fingerprint density at radius 1 is 0.889 bits per heavy atom. The molecule has 0 saturated heterocycles. The van der Waals surface area contributed by atoms with E-state index in [1.54, 1.807) is 18.7 Å². The quantitative estimate of drug-likeness (QED) is 0.513. The maximum atomic E-state index is 11.9. The summed E-state index contributed by atoms with van der Waals surface area (Å²) >= 11 is 0. The maximum Gasteiger partial charge on any atom is 0.335 e. The molecule has 18 heavy (non-hydrogen) atoms. The molecule has 5 heteroatoms. The second-order valence-corrected chi connectivity index (χ2v) is 4.54. The number of carbonyl (C=O) groups is 2. The van der Waals surface area contributed by atoms with Gasteiger partial charge in [-0.15, -0.1) is 0 Å². The summed E-state index contributed by atoms with van der Waals surface area (Å²) in [6, 6.07) is -0.891. The normalized spacial score (nSPS) is 11.4. The molecule has 0 amide bonds. The van der Waals surface area contributed by atoms with Gasteiger partial charge in [0, 0.05) is 12.1 Å². The van der Waals surface area contributed by atoms with Crippen molar-refractivity contribution in [3.05, 3.63) is 0 Å². The van der Waals surface area contributed by atoms with E-state index in [4.69, 9.17) is 9.47 Å². The van der Waals surface area contributed by atoms with Crippen LogP contribution in [0.5, 0.6) is 0 Å². The molecule has 106 valence electrons. The molecule has 0 spiro atoms. The van der Waals surface area contributed by atoms with E-state index >= 15 is 0 Å². The fourth-order valence-corrected chi connectivity index (χ4v) is 1.97. The van der Waals surface area contributed by atoms with Crippen molar-refractivity contribution in [1.82, 2.24) is 4.90 Å². The van der Waals surface area contributed by atoms with Gasteiger partial charge >= 0.3 is 11.9 Å². The first-order valence-electron chi connectivity index (χ1n) is 6.47. The summed E-state index contributed by atoms with van der Waals surface area (Å²) in [5.74, 6) is -1.09. The highest BCUT2D eigenvalue weighted by Gasteiger charge is 2.38. The third-order valence-corrected chi connectivity index (χ3v) is 2.51. The lowest BCUT2D eigenvalue weighted by molar-refractivity contribution is -0.166. The summed E-state index contributed by atoms with van der Waals surface area (Å²) in [6.07, 6.45) is 0. The minimum absolute atomic E-state index is 0.0452. The second kappa shape index (κ2) is 8.08. The molecule has 0 aromatic carbocycles. The van der Waals surface area contributed by atoms with Gasteiger partial charge in [0.15, 0.2) is 0 Å². The molecule has 0 rings (SSSR count). The predicted octanol–water partition coefficient (Wildman–Crippen LogP) is 1.60. The minimum Gasteiger partial charge on any atom is -0.464 e. The summed E-state index contributed by atoms with van der Waals surface area (Å²) in [5.41, 5.74) is 0. The molecular formula is C13H25NO4. The first kappa shape index (κ1) is 16.9. The number of nitrogens with zero attached hydrogens (tertiary/aromatic N) is 1. The Bertz CT molecular complexity index is 250. The van der Waals surface area contributed by atoms with Crippen molar-refractivity contribution < 1.29 is 19.1 Å². The van der Waals surface area contributed by atoms with E-state index < -0.39 is 18.0 Å². The highest BCUT2D eigenvalue weighted by atomic mass is 16.6. The lowest BCUT2D eigenvalue weighted by Crippen LogP contribution is -2.54. The number of esters is 2. The van der Waals surface area contributed by atoms with Gasteiger partial charge in [0.2, 0.25) is 6.04 Å². The van der Waals surface area contributed by atoms with Crippen LogP contribution >= 0.6 is 0 Å². The van der Waals surface area contributed by atoms with Gasteiger partial charge in [-0.25, -0.2) is 9.59 Å². The van der Waals surface area contributed by atoms with Gasteiger partial charge in [-0.2, -0.15) is 0 Å². The van der Waals surface area contributed by atoms with Gasteiger partial charge in [0.25, 0.3) is 0 Å². The van der Waals surface area contributed by atoms with Crippen LogP contribution in [0.3, 0.4) is 0 Å². The molecule has 0 aromatic rings. The second-order valence-electron chi connectivity index (χ2n) is 4.54. The Labute approximate surface area is 109 Å². The van der Waals surface area contributed by atoms with E-state index in [2.05, 4.69) is 0 Å². The number of rotatable bonds is 7. The Balaban J connectivity index is 5.15. The molecule has 0 N–H and O–H groups in total. The van der Waals surface area contributed by atoms with Crippen LogP contribution in [0.1, 0.15) is 41.5 Å². The van der Waals surface area contributed by atoms with E-state index in [-0.39, 0.29) is 25.3 Å². The van der Waals surface area contributed by atoms with Crippen molar-refractivity contribution in [3.8, 4) is 0 Å². The summed E-state index contributed by atoms with van der Waals surface area (Å²) in [5, 5.41) is 0. The highest BCUT2D eigenvalue weighted by Crippen LogP contribution is 2.14. The molecule has 0 heterocycles. The summed E-state index contributed by atoms with van der Waals surface area (Å²) in [7, 11) is 0. The molecular weight excluding hydrogens is 234 g/mol. The number of carbonyl (C=O) groups excluding carboxylic acids is 2. The predicted molar refractivity (Wildman–Crippen MR) is 69.2 cm³/mol. The van der Waals surface area contributed by atoms with Crippen LogP contribution in [-0.4, -0.2) is 48.2 Å². The molecule has 0 aromatic heterocycles. The standard InChI is InChI=1S/C13H25NO4/c1-7-17-12(15)11(13(16)18-8-2)14(9(3)4)10(5)6/h9-11H,7-8H2,1-6H3. The summed E-state index contributed by atoms with van der Waals surface area (Å²) < 4.78 is 9.94. The Morgan fingerprint density at radius 3 is 1.44 bits per heavy atom. The molecule has 0 unspecified atom stereocenters. The zero-order valence-corrected chi connectivity index (χ0v) is 12.2. The van der Waals surface area contributed by atoms with Gasteiger partial charge in [-0.3, -0.25) is 4.90 Å². The van der Waals surface area contributed by atoms with Gasteiger partial charge in [0.1, 0.15) is 0 Å². The molecule has 0 aliphatic carbocycles. The molecule has 0 aliphatic rings. The lowest BCUT2D eigenvalue weighted by atomic mass is 10.1. The molecule has 0 atom stereocenters. The van der Waals surface area contributed by atoms with Crippen molar-refractivity contribution in [3.63, 3.8) is 0 Å².